The molecule has 3 rings (SSSR count). The summed E-state index contributed by atoms with van der Waals surface area (Å²) in [4.78, 5) is 18.5. The summed E-state index contributed by atoms with van der Waals surface area (Å²) in [5.41, 5.74) is 3.28. The minimum absolute atomic E-state index is 0.137. The van der Waals surface area contributed by atoms with Crippen LogP contribution in [0.3, 0.4) is 0 Å². The van der Waals surface area contributed by atoms with E-state index < -0.39 is 0 Å². The Hall–Kier alpha value is -3.34. The Bertz CT molecular complexity index is 880. The van der Waals surface area contributed by atoms with Gasteiger partial charge in [0.05, 0.1) is 19.0 Å². The molecule has 0 fully saturated rings. The number of pyridine rings is 1. The largest absolute Gasteiger partial charge is 0.496 e. The summed E-state index contributed by atoms with van der Waals surface area (Å²) in [6.07, 6.45) is 2.52. The fourth-order valence-corrected chi connectivity index (χ4v) is 2.82. The maximum Gasteiger partial charge on any atom is 0.276 e. The highest BCUT2D eigenvalue weighted by atomic mass is 16.5. The molecule has 5 nitrogen and oxygen atoms in total. The summed E-state index contributed by atoms with van der Waals surface area (Å²) < 4.78 is 5.37. The molecule has 0 aliphatic rings. The van der Waals surface area contributed by atoms with Crippen molar-refractivity contribution in [3.63, 3.8) is 0 Å². The van der Waals surface area contributed by atoms with E-state index in [0.29, 0.717) is 5.69 Å². The zero-order valence-corrected chi connectivity index (χ0v) is 15.6. The third kappa shape index (κ3) is 4.64. The number of para-hydroxylation sites is 2. The summed E-state index contributed by atoms with van der Waals surface area (Å²) in [6, 6.07) is 21.1. The number of carbonyl (C=O) groups is 1. The first kappa shape index (κ1) is 18.5. The van der Waals surface area contributed by atoms with E-state index in [4.69, 9.17) is 4.74 Å². The molecule has 0 saturated carbocycles. The van der Waals surface area contributed by atoms with Crippen molar-refractivity contribution < 1.29 is 9.53 Å². The number of aromatic nitrogens is 1. The summed E-state index contributed by atoms with van der Waals surface area (Å²) in [5, 5.41) is 3.33. The van der Waals surface area contributed by atoms with E-state index in [1.807, 2.05) is 54.6 Å². The minimum Gasteiger partial charge on any atom is -0.496 e. The van der Waals surface area contributed by atoms with Gasteiger partial charge in [-0.05, 0) is 42.3 Å². The van der Waals surface area contributed by atoms with Crippen LogP contribution in [-0.2, 0) is 6.42 Å². The molecule has 0 aliphatic heterocycles. The van der Waals surface area contributed by atoms with Crippen LogP contribution in [0.1, 0.15) is 16.1 Å². The quantitative estimate of drug-likeness (QED) is 0.690. The molecule has 0 saturated heterocycles. The molecule has 27 heavy (non-hydrogen) atoms. The van der Waals surface area contributed by atoms with Gasteiger partial charge in [-0.15, -0.1) is 0 Å². The number of carbonyl (C=O) groups excluding carboxylic acids is 1. The lowest BCUT2D eigenvalue weighted by Gasteiger charge is -2.17. The number of benzene rings is 2. The van der Waals surface area contributed by atoms with E-state index in [1.54, 1.807) is 31.3 Å². The second-order valence-electron chi connectivity index (χ2n) is 6.12. The molecule has 0 atom stereocenters. The van der Waals surface area contributed by atoms with E-state index in [2.05, 4.69) is 16.4 Å². The van der Waals surface area contributed by atoms with Gasteiger partial charge in [0.25, 0.3) is 5.91 Å². The lowest BCUT2D eigenvalue weighted by molar-refractivity contribution is 0.0988. The van der Waals surface area contributed by atoms with Crippen molar-refractivity contribution in [3.8, 4) is 5.75 Å². The predicted octanol–water partition coefficient (Wildman–Crippen LogP) is 4.02. The Morgan fingerprint density at radius 1 is 1.04 bits per heavy atom. The van der Waals surface area contributed by atoms with Crippen molar-refractivity contribution in [2.45, 2.75) is 6.42 Å². The maximum absolute atomic E-state index is 12.6. The van der Waals surface area contributed by atoms with Gasteiger partial charge in [0.2, 0.25) is 0 Å². The van der Waals surface area contributed by atoms with Crippen LogP contribution in [0.25, 0.3) is 0 Å². The monoisotopic (exact) mass is 361 g/mol. The lowest BCUT2D eigenvalue weighted by Crippen LogP contribution is -2.26. The average molecular weight is 361 g/mol. The number of amides is 1. The molecule has 3 aromatic rings. The van der Waals surface area contributed by atoms with Gasteiger partial charge in [0.15, 0.2) is 0 Å². The predicted molar refractivity (Wildman–Crippen MR) is 109 cm³/mol. The lowest BCUT2D eigenvalue weighted by atomic mass is 10.1. The van der Waals surface area contributed by atoms with Crippen LogP contribution < -0.4 is 15.0 Å². The molecule has 2 aromatic carbocycles. The van der Waals surface area contributed by atoms with Crippen molar-refractivity contribution in [1.82, 2.24) is 4.98 Å². The number of nitrogens with one attached hydrogen (secondary N) is 1. The summed E-state index contributed by atoms with van der Waals surface area (Å²) in [5.74, 6) is 0.754. The van der Waals surface area contributed by atoms with Gasteiger partial charge in [0, 0.05) is 19.3 Å². The second kappa shape index (κ2) is 8.85. The fourth-order valence-electron chi connectivity index (χ4n) is 2.82. The summed E-state index contributed by atoms with van der Waals surface area (Å²) >= 11 is 0. The van der Waals surface area contributed by atoms with Crippen molar-refractivity contribution in [1.29, 1.82) is 0 Å². The minimum atomic E-state index is -0.137. The highest BCUT2D eigenvalue weighted by Gasteiger charge is 2.14. The van der Waals surface area contributed by atoms with Crippen LogP contribution in [0, 0.1) is 0 Å². The fraction of sp³-hybridized carbons (Fsp3) is 0.182. The van der Waals surface area contributed by atoms with Crippen LogP contribution >= 0.6 is 0 Å². The highest BCUT2D eigenvalue weighted by molar-refractivity contribution is 6.04. The number of methoxy groups -OCH3 is 1. The van der Waals surface area contributed by atoms with Crippen molar-refractivity contribution in [2.24, 2.45) is 0 Å². The van der Waals surface area contributed by atoms with E-state index in [1.165, 1.54) is 0 Å². The van der Waals surface area contributed by atoms with E-state index >= 15 is 0 Å². The first-order valence-electron chi connectivity index (χ1n) is 8.84. The Balaban J connectivity index is 1.58. The Kier molecular flexibility index (Phi) is 6.05. The van der Waals surface area contributed by atoms with E-state index in [0.717, 1.165) is 35.7 Å². The van der Waals surface area contributed by atoms with Gasteiger partial charge < -0.3 is 15.0 Å². The van der Waals surface area contributed by atoms with Crippen LogP contribution in [0.15, 0.2) is 72.9 Å². The molecule has 138 valence electrons. The van der Waals surface area contributed by atoms with Gasteiger partial charge in [-0.1, -0.05) is 36.4 Å². The number of ether oxygens (including phenoxy) is 1. The van der Waals surface area contributed by atoms with Crippen LogP contribution in [-0.4, -0.2) is 31.6 Å². The van der Waals surface area contributed by atoms with Crippen LogP contribution in [0.5, 0.6) is 5.75 Å². The smallest absolute Gasteiger partial charge is 0.276 e. The maximum atomic E-state index is 12.6. The first-order valence-corrected chi connectivity index (χ1v) is 8.84. The second-order valence-corrected chi connectivity index (χ2v) is 6.12. The average Bonchev–Trinajstić information content (AvgIpc) is 2.74. The van der Waals surface area contributed by atoms with Crippen molar-refractivity contribution >= 4 is 17.3 Å². The third-order valence-corrected chi connectivity index (χ3v) is 4.35. The van der Waals surface area contributed by atoms with Gasteiger partial charge in [-0.2, -0.15) is 0 Å². The van der Waals surface area contributed by atoms with E-state index in [9.17, 15) is 4.79 Å². The summed E-state index contributed by atoms with van der Waals surface area (Å²) in [6.45, 7) is 0.749. The molecule has 1 amide bonds. The molecule has 0 aliphatic carbocycles. The molecule has 1 aromatic heterocycles. The Morgan fingerprint density at radius 3 is 2.48 bits per heavy atom. The van der Waals surface area contributed by atoms with Crippen molar-refractivity contribution in [3.05, 3.63) is 84.2 Å². The molecular formula is C22H23N3O2. The molecule has 0 bridgehead atoms. The topological polar surface area (TPSA) is 54.5 Å². The molecule has 1 heterocycles. The van der Waals surface area contributed by atoms with Gasteiger partial charge in [-0.25, -0.2) is 4.98 Å². The number of anilines is 2. The van der Waals surface area contributed by atoms with Gasteiger partial charge >= 0.3 is 0 Å². The first-order chi connectivity index (χ1) is 13.2. The molecule has 0 radical (unpaired) electrons. The third-order valence-electron chi connectivity index (χ3n) is 4.35. The van der Waals surface area contributed by atoms with Gasteiger partial charge in [-0.3, -0.25) is 4.79 Å². The molecule has 0 spiro atoms. The zero-order chi connectivity index (χ0) is 19.1. The molecule has 0 unspecified atom stereocenters. The normalized spacial score (nSPS) is 10.3. The Labute approximate surface area is 159 Å². The number of rotatable bonds is 7. The molecule has 5 heteroatoms. The van der Waals surface area contributed by atoms with Crippen LogP contribution in [0.2, 0.25) is 0 Å². The number of hydrogen-bond donors (Lipinski definition) is 1. The Morgan fingerprint density at radius 2 is 1.78 bits per heavy atom. The number of nitrogens with zero attached hydrogens (tertiary/aromatic N) is 2. The molecular weight excluding hydrogens is 338 g/mol. The van der Waals surface area contributed by atoms with Crippen molar-refractivity contribution in [2.75, 3.05) is 30.9 Å². The number of hydrogen-bond acceptors (Lipinski definition) is 4. The van der Waals surface area contributed by atoms with Gasteiger partial charge in [0.1, 0.15) is 11.4 Å². The molecule has 1 N–H and O–H groups in total. The van der Waals surface area contributed by atoms with Crippen LogP contribution in [0.4, 0.5) is 11.4 Å². The summed E-state index contributed by atoms with van der Waals surface area (Å²) in [7, 11) is 3.43. The standard InChI is InChI=1S/C22H23N3O2/c1-25(19-9-4-3-5-10-19)22(26)20-13-12-18(16-24-20)23-15-14-17-8-6-7-11-21(17)27-2/h3-13,16,23H,14-15H2,1-2H3. The SMILES string of the molecule is COc1ccccc1CCNc1ccc(C(=O)N(C)c2ccccc2)nc1. The van der Waals surface area contributed by atoms with E-state index in [-0.39, 0.29) is 5.91 Å². The zero-order valence-electron chi connectivity index (χ0n) is 15.6. The highest BCUT2D eigenvalue weighted by Crippen LogP contribution is 2.18.